The van der Waals surface area contributed by atoms with Crippen LogP contribution in [-0.2, 0) is 6.54 Å². The molecular formula is C14H12Br2ClNO. The van der Waals surface area contributed by atoms with Crippen molar-refractivity contribution in [2.24, 2.45) is 0 Å². The smallest absolute Gasteiger partial charge is 0.147 e. The Bertz CT molecular complexity index is 590. The molecule has 100 valence electrons. The number of nitrogens with one attached hydrogen (secondary N) is 1. The highest BCUT2D eigenvalue weighted by atomic mass is 79.9. The summed E-state index contributed by atoms with van der Waals surface area (Å²) in [5.74, 6) is 1.37. The third kappa shape index (κ3) is 3.96. The van der Waals surface area contributed by atoms with Crippen LogP contribution in [0.1, 0.15) is 5.56 Å². The lowest BCUT2D eigenvalue weighted by atomic mass is 10.2. The van der Waals surface area contributed by atoms with Crippen molar-refractivity contribution in [3.8, 4) is 11.5 Å². The maximum atomic E-state index is 6.10. The molecule has 0 saturated heterocycles. The quantitative estimate of drug-likeness (QED) is 0.738. The summed E-state index contributed by atoms with van der Waals surface area (Å²) in [6.07, 6.45) is 0. The van der Waals surface area contributed by atoms with Crippen LogP contribution in [0, 0.1) is 0 Å². The summed E-state index contributed by atoms with van der Waals surface area (Å²) in [6.45, 7) is 0.804. The van der Waals surface area contributed by atoms with E-state index in [0.717, 1.165) is 21.2 Å². The molecule has 1 N–H and O–H groups in total. The van der Waals surface area contributed by atoms with Gasteiger partial charge in [0.05, 0.1) is 5.02 Å². The van der Waals surface area contributed by atoms with Crippen LogP contribution in [-0.4, -0.2) is 7.05 Å². The summed E-state index contributed by atoms with van der Waals surface area (Å²) < 4.78 is 7.73. The van der Waals surface area contributed by atoms with E-state index in [9.17, 15) is 0 Å². The van der Waals surface area contributed by atoms with Crippen LogP contribution in [0.15, 0.2) is 45.3 Å². The summed E-state index contributed by atoms with van der Waals surface area (Å²) in [6, 6.07) is 11.4. The van der Waals surface area contributed by atoms with Crippen molar-refractivity contribution < 1.29 is 4.74 Å². The first-order chi connectivity index (χ1) is 9.10. The first-order valence-electron chi connectivity index (χ1n) is 5.66. The standard InChI is InChI=1S/C14H12Br2ClNO/c1-18-8-9-2-4-11(7-12(9)16)19-14-6-10(15)3-5-13(14)17/h2-7,18H,8H2,1H3. The molecule has 2 aromatic carbocycles. The number of halogens is 3. The Labute approximate surface area is 134 Å². The zero-order valence-electron chi connectivity index (χ0n) is 10.2. The zero-order valence-corrected chi connectivity index (χ0v) is 14.1. The molecule has 0 bridgehead atoms. The van der Waals surface area contributed by atoms with E-state index in [0.29, 0.717) is 10.8 Å². The van der Waals surface area contributed by atoms with Crippen molar-refractivity contribution in [3.63, 3.8) is 0 Å². The van der Waals surface area contributed by atoms with E-state index < -0.39 is 0 Å². The van der Waals surface area contributed by atoms with Crippen LogP contribution in [0.4, 0.5) is 0 Å². The van der Waals surface area contributed by atoms with Crippen molar-refractivity contribution in [1.29, 1.82) is 0 Å². The van der Waals surface area contributed by atoms with Crippen LogP contribution in [0.5, 0.6) is 11.5 Å². The van der Waals surface area contributed by atoms with E-state index in [-0.39, 0.29) is 0 Å². The van der Waals surface area contributed by atoms with E-state index in [1.54, 1.807) is 6.07 Å². The third-order valence-corrected chi connectivity index (χ3v) is 4.06. The van der Waals surface area contributed by atoms with Crippen LogP contribution in [0.3, 0.4) is 0 Å². The number of hydrogen-bond acceptors (Lipinski definition) is 2. The minimum absolute atomic E-state index is 0.582. The molecule has 0 spiro atoms. The Hall–Kier alpha value is -0.550. The van der Waals surface area contributed by atoms with Gasteiger partial charge in [-0.05, 0) is 42.9 Å². The number of ether oxygens (including phenoxy) is 1. The summed E-state index contributed by atoms with van der Waals surface area (Å²) >= 11 is 13.0. The van der Waals surface area contributed by atoms with Crippen molar-refractivity contribution >= 4 is 43.5 Å². The molecule has 2 aromatic rings. The Balaban J connectivity index is 2.24. The minimum atomic E-state index is 0.582. The number of benzene rings is 2. The second-order valence-electron chi connectivity index (χ2n) is 3.96. The summed E-state index contributed by atoms with van der Waals surface area (Å²) in [5.41, 5.74) is 1.18. The van der Waals surface area contributed by atoms with Gasteiger partial charge in [-0.3, -0.25) is 0 Å². The molecule has 19 heavy (non-hydrogen) atoms. The van der Waals surface area contributed by atoms with Gasteiger partial charge in [-0.2, -0.15) is 0 Å². The molecular weight excluding hydrogens is 393 g/mol. The molecule has 0 heterocycles. The van der Waals surface area contributed by atoms with Crippen molar-refractivity contribution in [2.75, 3.05) is 7.05 Å². The van der Waals surface area contributed by atoms with Crippen LogP contribution in [0.2, 0.25) is 5.02 Å². The fraction of sp³-hybridized carbons (Fsp3) is 0.143. The molecule has 0 unspecified atom stereocenters. The average Bonchev–Trinajstić information content (AvgIpc) is 2.37. The summed E-state index contributed by atoms with van der Waals surface area (Å²) in [4.78, 5) is 0. The van der Waals surface area contributed by atoms with E-state index in [1.165, 1.54) is 5.56 Å². The van der Waals surface area contributed by atoms with Gasteiger partial charge >= 0.3 is 0 Å². The molecule has 2 rings (SSSR count). The molecule has 0 saturated carbocycles. The van der Waals surface area contributed by atoms with E-state index in [2.05, 4.69) is 37.2 Å². The molecule has 0 fully saturated rings. The Morgan fingerprint density at radius 2 is 1.95 bits per heavy atom. The average molecular weight is 406 g/mol. The molecule has 0 aromatic heterocycles. The SMILES string of the molecule is CNCc1ccc(Oc2cc(Br)ccc2Cl)cc1Br. The predicted molar refractivity (Wildman–Crippen MR) is 86.1 cm³/mol. The maximum Gasteiger partial charge on any atom is 0.147 e. The van der Waals surface area contributed by atoms with Gasteiger partial charge in [-0.15, -0.1) is 0 Å². The van der Waals surface area contributed by atoms with Crippen LogP contribution < -0.4 is 10.1 Å². The van der Waals surface area contributed by atoms with Crippen LogP contribution >= 0.6 is 43.5 Å². The Morgan fingerprint density at radius 1 is 1.16 bits per heavy atom. The summed E-state index contributed by atoms with van der Waals surface area (Å²) in [5, 5.41) is 3.69. The fourth-order valence-electron chi connectivity index (χ4n) is 1.61. The molecule has 0 radical (unpaired) electrons. The molecule has 0 aliphatic heterocycles. The Kier molecular flexibility index (Phi) is 5.28. The molecule has 0 aliphatic rings. The molecule has 2 nitrogen and oxygen atoms in total. The zero-order chi connectivity index (χ0) is 13.8. The maximum absolute atomic E-state index is 6.10. The fourth-order valence-corrected chi connectivity index (χ4v) is 2.60. The van der Waals surface area contributed by atoms with E-state index >= 15 is 0 Å². The van der Waals surface area contributed by atoms with Gasteiger partial charge in [0.2, 0.25) is 0 Å². The monoisotopic (exact) mass is 403 g/mol. The topological polar surface area (TPSA) is 21.3 Å². The molecule has 5 heteroatoms. The van der Waals surface area contributed by atoms with Gasteiger partial charge in [0.15, 0.2) is 0 Å². The second-order valence-corrected chi connectivity index (χ2v) is 6.14. The van der Waals surface area contributed by atoms with Gasteiger partial charge < -0.3 is 10.1 Å². The normalized spacial score (nSPS) is 10.5. The lowest BCUT2D eigenvalue weighted by Crippen LogP contribution is -2.05. The van der Waals surface area contributed by atoms with E-state index in [1.807, 2.05) is 37.4 Å². The van der Waals surface area contributed by atoms with Gasteiger partial charge in [0.1, 0.15) is 11.5 Å². The van der Waals surface area contributed by atoms with Gasteiger partial charge in [-0.1, -0.05) is 49.5 Å². The first kappa shape index (κ1) is 14.9. The predicted octanol–water partition coefficient (Wildman–Crippen LogP) is 5.38. The first-order valence-corrected chi connectivity index (χ1v) is 7.62. The second kappa shape index (κ2) is 6.75. The lowest BCUT2D eigenvalue weighted by molar-refractivity contribution is 0.482. The number of rotatable bonds is 4. The van der Waals surface area contributed by atoms with Crippen molar-refractivity contribution in [2.45, 2.75) is 6.54 Å². The third-order valence-electron chi connectivity index (χ3n) is 2.51. The van der Waals surface area contributed by atoms with Crippen molar-refractivity contribution in [1.82, 2.24) is 5.32 Å². The highest BCUT2D eigenvalue weighted by molar-refractivity contribution is 9.10. The molecule has 0 aliphatic carbocycles. The Morgan fingerprint density at radius 3 is 2.63 bits per heavy atom. The van der Waals surface area contributed by atoms with Gasteiger partial charge in [0, 0.05) is 15.5 Å². The molecule has 0 atom stereocenters. The number of hydrogen-bond donors (Lipinski definition) is 1. The van der Waals surface area contributed by atoms with Crippen molar-refractivity contribution in [3.05, 3.63) is 55.9 Å². The van der Waals surface area contributed by atoms with Crippen LogP contribution in [0.25, 0.3) is 0 Å². The lowest BCUT2D eigenvalue weighted by Gasteiger charge is -2.10. The van der Waals surface area contributed by atoms with E-state index in [4.69, 9.17) is 16.3 Å². The van der Waals surface area contributed by atoms with Gasteiger partial charge in [0.25, 0.3) is 0 Å². The minimum Gasteiger partial charge on any atom is -0.456 e. The highest BCUT2D eigenvalue weighted by Gasteiger charge is 2.06. The molecule has 0 amide bonds. The largest absolute Gasteiger partial charge is 0.456 e. The highest BCUT2D eigenvalue weighted by Crippen LogP contribution is 2.33. The summed E-state index contributed by atoms with van der Waals surface area (Å²) in [7, 11) is 1.91. The van der Waals surface area contributed by atoms with Gasteiger partial charge in [-0.25, -0.2) is 0 Å².